The molecule has 0 aliphatic rings. The molecular formula is C23H15FN4O3. The summed E-state index contributed by atoms with van der Waals surface area (Å²) < 4.78 is 25.5. The maximum absolute atomic E-state index is 13.4. The molecule has 152 valence electrons. The van der Waals surface area contributed by atoms with Gasteiger partial charge in [-0.25, -0.2) is 4.39 Å². The lowest BCUT2D eigenvalue weighted by Gasteiger charge is -2.09. The van der Waals surface area contributed by atoms with Gasteiger partial charge in [0, 0.05) is 5.39 Å². The number of halogens is 1. The molecule has 2 heterocycles. The Bertz CT molecular complexity index is 1460. The minimum atomic E-state index is -0.406. The van der Waals surface area contributed by atoms with Gasteiger partial charge in [-0.1, -0.05) is 35.5 Å². The molecule has 0 aliphatic carbocycles. The first-order chi connectivity index (χ1) is 15.2. The third-order valence-corrected chi connectivity index (χ3v) is 4.85. The van der Waals surface area contributed by atoms with Gasteiger partial charge in [-0.15, -0.1) is 0 Å². The molecule has 0 amide bonds. The second kappa shape index (κ2) is 7.49. The van der Waals surface area contributed by atoms with Crippen LogP contribution >= 0.6 is 0 Å². The summed E-state index contributed by atoms with van der Waals surface area (Å²) in [5, 5.41) is 9.54. The van der Waals surface area contributed by atoms with Crippen LogP contribution in [0.2, 0.25) is 0 Å². The van der Waals surface area contributed by atoms with E-state index in [4.69, 9.17) is 9.26 Å². The summed E-state index contributed by atoms with van der Waals surface area (Å²) in [6, 6.07) is 19.8. The smallest absolute Gasteiger partial charge is 0.279 e. The standard InChI is InChI=1S/C23H15FN4O3/c1-30-19-9-5-4-8-18(19)21-25-22(31-27-21)20-16-6-2-3-7-17(16)23(29)28(26-20)15-12-10-14(24)11-13-15/h2-13H,1H3. The van der Waals surface area contributed by atoms with E-state index < -0.39 is 5.82 Å². The molecule has 0 unspecified atom stereocenters. The van der Waals surface area contributed by atoms with E-state index in [0.29, 0.717) is 39.3 Å². The first-order valence-corrected chi connectivity index (χ1v) is 9.41. The van der Waals surface area contributed by atoms with Crippen LogP contribution in [0.25, 0.3) is 39.4 Å². The van der Waals surface area contributed by atoms with Gasteiger partial charge in [-0.05, 0) is 42.5 Å². The minimum absolute atomic E-state index is 0.146. The zero-order valence-corrected chi connectivity index (χ0v) is 16.3. The predicted octanol–water partition coefficient (Wildman–Crippen LogP) is 4.25. The lowest BCUT2D eigenvalue weighted by molar-refractivity contribution is 0.413. The van der Waals surface area contributed by atoms with Crippen LogP contribution in [0, 0.1) is 5.82 Å². The van der Waals surface area contributed by atoms with E-state index in [1.165, 1.54) is 28.9 Å². The van der Waals surface area contributed by atoms with Gasteiger partial charge in [0.1, 0.15) is 11.6 Å². The van der Waals surface area contributed by atoms with Crippen LogP contribution in [-0.4, -0.2) is 27.0 Å². The summed E-state index contributed by atoms with van der Waals surface area (Å²) in [5.41, 5.74) is 1.09. The van der Waals surface area contributed by atoms with Crippen LogP contribution < -0.4 is 10.3 Å². The maximum Gasteiger partial charge on any atom is 0.279 e. The van der Waals surface area contributed by atoms with E-state index in [1.807, 2.05) is 18.2 Å². The van der Waals surface area contributed by atoms with Crippen molar-refractivity contribution in [3.05, 3.63) is 89.0 Å². The van der Waals surface area contributed by atoms with Crippen molar-refractivity contribution in [1.29, 1.82) is 0 Å². The van der Waals surface area contributed by atoms with Crippen LogP contribution in [0.5, 0.6) is 5.75 Å². The summed E-state index contributed by atoms with van der Waals surface area (Å²) in [6.45, 7) is 0. The maximum atomic E-state index is 13.4. The first kappa shape index (κ1) is 18.7. The molecule has 0 bridgehead atoms. The number of nitrogens with zero attached hydrogens (tertiary/aromatic N) is 4. The molecule has 7 nitrogen and oxygen atoms in total. The van der Waals surface area contributed by atoms with Gasteiger partial charge in [0.05, 0.1) is 23.7 Å². The Morgan fingerprint density at radius 1 is 0.935 bits per heavy atom. The Morgan fingerprint density at radius 2 is 1.65 bits per heavy atom. The topological polar surface area (TPSA) is 83.0 Å². The molecule has 31 heavy (non-hydrogen) atoms. The summed E-state index contributed by atoms with van der Waals surface area (Å²) in [6.07, 6.45) is 0. The number of ether oxygens (including phenoxy) is 1. The molecule has 3 aromatic carbocycles. The van der Waals surface area contributed by atoms with E-state index in [2.05, 4.69) is 15.2 Å². The van der Waals surface area contributed by atoms with Gasteiger partial charge < -0.3 is 9.26 Å². The third kappa shape index (κ3) is 3.24. The van der Waals surface area contributed by atoms with E-state index in [0.717, 1.165) is 0 Å². The third-order valence-electron chi connectivity index (χ3n) is 4.85. The Balaban J connectivity index is 1.72. The van der Waals surface area contributed by atoms with Gasteiger partial charge in [0.25, 0.3) is 11.4 Å². The van der Waals surface area contributed by atoms with Crippen LogP contribution in [-0.2, 0) is 0 Å². The second-order valence-electron chi connectivity index (χ2n) is 6.71. The number of fused-ring (bicyclic) bond motifs is 1. The zero-order chi connectivity index (χ0) is 21.4. The Hall–Kier alpha value is -4.33. The van der Waals surface area contributed by atoms with Crippen molar-refractivity contribution in [2.45, 2.75) is 0 Å². The number of rotatable bonds is 4. The summed E-state index contributed by atoms with van der Waals surface area (Å²) >= 11 is 0. The number of para-hydroxylation sites is 1. The molecule has 0 spiro atoms. The molecule has 0 saturated heterocycles. The van der Waals surface area contributed by atoms with Crippen molar-refractivity contribution in [1.82, 2.24) is 19.9 Å². The summed E-state index contributed by atoms with van der Waals surface area (Å²) in [4.78, 5) is 17.5. The lowest BCUT2D eigenvalue weighted by Crippen LogP contribution is -2.22. The quantitative estimate of drug-likeness (QED) is 0.437. The average molecular weight is 414 g/mol. The van der Waals surface area contributed by atoms with Gasteiger partial charge in [0.2, 0.25) is 5.82 Å². The number of hydrogen-bond acceptors (Lipinski definition) is 6. The monoisotopic (exact) mass is 414 g/mol. The van der Waals surface area contributed by atoms with Crippen LogP contribution in [0.1, 0.15) is 0 Å². The Labute approximate surface area is 175 Å². The minimum Gasteiger partial charge on any atom is -0.496 e. The molecule has 0 aliphatic heterocycles. The van der Waals surface area contributed by atoms with Gasteiger partial charge in [-0.3, -0.25) is 4.79 Å². The van der Waals surface area contributed by atoms with E-state index in [9.17, 15) is 9.18 Å². The molecule has 0 fully saturated rings. The van der Waals surface area contributed by atoms with Gasteiger partial charge in [-0.2, -0.15) is 14.8 Å². The molecule has 0 atom stereocenters. The van der Waals surface area contributed by atoms with E-state index in [1.54, 1.807) is 37.4 Å². The van der Waals surface area contributed by atoms with Gasteiger partial charge in [0.15, 0.2) is 5.69 Å². The van der Waals surface area contributed by atoms with Crippen molar-refractivity contribution < 1.29 is 13.7 Å². The molecule has 5 rings (SSSR count). The molecule has 5 aromatic rings. The SMILES string of the molecule is COc1ccccc1-c1noc(-c2nn(-c3ccc(F)cc3)c(=O)c3ccccc23)n1. The molecule has 2 aromatic heterocycles. The highest BCUT2D eigenvalue weighted by Crippen LogP contribution is 2.30. The van der Waals surface area contributed by atoms with Crippen LogP contribution in [0.4, 0.5) is 4.39 Å². The van der Waals surface area contributed by atoms with Crippen LogP contribution in [0.3, 0.4) is 0 Å². The number of methoxy groups -OCH3 is 1. The highest BCUT2D eigenvalue weighted by atomic mass is 19.1. The highest BCUT2D eigenvalue weighted by molar-refractivity contribution is 5.92. The normalized spacial score (nSPS) is 11.0. The fourth-order valence-electron chi connectivity index (χ4n) is 3.36. The fraction of sp³-hybridized carbons (Fsp3) is 0.0435. The molecular weight excluding hydrogens is 399 g/mol. The molecule has 0 N–H and O–H groups in total. The van der Waals surface area contributed by atoms with Crippen molar-refractivity contribution in [2.75, 3.05) is 7.11 Å². The summed E-state index contributed by atoms with van der Waals surface area (Å²) in [7, 11) is 1.56. The lowest BCUT2D eigenvalue weighted by atomic mass is 10.1. The van der Waals surface area contributed by atoms with Crippen molar-refractivity contribution >= 4 is 10.8 Å². The van der Waals surface area contributed by atoms with Crippen molar-refractivity contribution in [2.24, 2.45) is 0 Å². The second-order valence-corrected chi connectivity index (χ2v) is 6.71. The Morgan fingerprint density at radius 3 is 2.42 bits per heavy atom. The van der Waals surface area contributed by atoms with E-state index >= 15 is 0 Å². The highest BCUT2D eigenvalue weighted by Gasteiger charge is 2.20. The zero-order valence-electron chi connectivity index (χ0n) is 16.3. The fourth-order valence-corrected chi connectivity index (χ4v) is 3.36. The average Bonchev–Trinajstić information content (AvgIpc) is 3.30. The number of benzene rings is 3. The van der Waals surface area contributed by atoms with Gasteiger partial charge >= 0.3 is 0 Å². The predicted molar refractivity (Wildman–Crippen MR) is 113 cm³/mol. The number of aromatic nitrogens is 4. The summed E-state index contributed by atoms with van der Waals surface area (Å²) in [5.74, 6) is 0.672. The molecule has 0 saturated carbocycles. The molecule has 8 heteroatoms. The van der Waals surface area contributed by atoms with Crippen molar-refractivity contribution in [3.63, 3.8) is 0 Å². The van der Waals surface area contributed by atoms with E-state index in [-0.39, 0.29) is 11.4 Å². The molecule has 0 radical (unpaired) electrons. The largest absolute Gasteiger partial charge is 0.496 e. The van der Waals surface area contributed by atoms with Crippen LogP contribution in [0.15, 0.2) is 82.1 Å². The number of hydrogen-bond donors (Lipinski definition) is 0. The first-order valence-electron chi connectivity index (χ1n) is 9.41. The van der Waals surface area contributed by atoms with Crippen molar-refractivity contribution in [3.8, 4) is 34.4 Å². The Kier molecular flexibility index (Phi) is 4.51.